The van der Waals surface area contributed by atoms with Crippen LogP contribution in [0.2, 0.25) is 0 Å². The van der Waals surface area contributed by atoms with Gasteiger partial charge >= 0.3 is 10.1 Å². The highest BCUT2D eigenvalue weighted by atomic mass is 32.2. The van der Waals surface area contributed by atoms with Gasteiger partial charge in [-0.1, -0.05) is 30.3 Å². The molecule has 170 valence electrons. The summed E-state index contributed by atoms with van der Waals surface area (Å²) in [5, 5.41) is 16.2. The predicted octanol–water partition coefficient (Wildman–Crippen LogP) is 4.28. The molecule has 34 heavy (non-hydrogen) atoms. The summed E-state index contributed by atoms with van der Waals surface area (Å²) in [6, 6.07) is 23.4. The maximum Gasteiger partial charge on any atom is 0.339 e. The fraction of sp³-hybridized carbons (Fsp3) is 0. The molecule has 9 nitrogen and oxygen atoms in total. The highest BCUT2D eigenvalue weighted by molar-refractivity contribution is 7.87. The summed E-state index contributed by atoms with van der Waals surface area (Å²) in [7, 11) is -4.02. The summed E-state index contributed by atoms with van der Waals surface area (Å²) in [5.74, 6) is -0.409. The summed E-state index contributed by atoms with van der Waals surface area (Å²) in [5.41, 5.74) is 2.99. The van der Waals surface area contributed by atoms with Crippen LogP contribution in [0.5, 0.6) is 5.75 Å². The Kier molecular flexibility index (Phi) is 6.33. The van der Waals surface area contributed by atoms with Crippen LogP contribution >= 0.6 is 0 Å². The Hall–Kier alpha value is -4.57. The number of nitro benzene ring substituents is 1. The second kappa shape index (κ2) is 9.51. The molecule has 0 aliphatic heterocycles. The number of benzene rings is 4. The number of carbonyl (C=O) groups is 1. The molecule has 0 radical (unpaired) electrons. The first-order valence-electron chi connectivity index (χ1n) is 9.93. The van der Waals surface area contributed by atoms with Crippen molar-refractivity contribution in [3.63, 3.8) is 0 Å². The quantitative estimate of drug-likeness (QED) is 0.184. The van der Waals surface area contributed by atoms with E-state index in [2.05, 4.69) is 10.5 Å². The molecular weight excluding hydrogens is 458 g/mol. The van der Waals surface area contributed by atoms with Crippen LogP contribution < -0.4 is 9.61 Å². The number of nitrogens with zero attached hydrogens (tertiary/aromatic N) is 2. The van der Waals surface area contributed by atoms with E-state index in [1.165, 1.54) is 48.7 Å². The van der Waals surface area contributed by atoms with Gasteiger partial charge in [0.05, 0.1) is 11.1 Å². The van der Waals surface area contributed by atoms with E-state index in [1.807, 2.05) is 24.3 Å². The number of hydrogen-bond acceptors (Lipinski definition) is 7. The van der Waals surface area contributed by atoms with Gasteiger partial charge in [0.15, 0.2) is 0 Å². The molecule has 0 spiro atoms. The zero-order valence-electron chi connectivity index (χ0n) is 17.5. The van der Waals surface area contributed by atoms with Crippen LogP contribution in [-0.2, 0) is 10.1 Å². The molecule has 4 rings (SSSR count). The molecular formula is C24H17N3O6S. The molecule has 0 bridgehead atoms. The van der Waals surface area contributed by atoms with Gasteiger partial charge in [0.2, 0.25) is 0 Å². The van der Waals surface area contributed by atoms with E-state index >= 15 is 0 Å². The molecule has 4 aromatic carbocycles. The molecule has 0 aliphatic carbocycles. The maximum absolute atomic E-state index is 12.6. The Morgan fingerprint density at radius 2 is 1.59 bits per heavy atom. The molecule has 0 aromatic heterocycles. The molecule has 0 atom stereocenters. The molecule has 1 amide bonds. The van der Waals surface area contributed by atoms with Crippen LogP contribution in [0, 0.1) is 10.1 Å². The standard InChI is InChI=1S/C24H17N3O6S/c28-24(19-7-10-21(11-8-19)27(29)30)26-25-16-17-5-12-22(13-6-17)33-34(31,32)23-14-9-18-3-1-2-4-20(18)15-23/h1-16H,(H,26,28)/b25-16-. The molecule has 0 heterocycles. The van der Waals surface area contributed by atoms with Crippen molar-refractivity contribution in [2.24, 2.45) is 5.10 Å². The van der Waals surface area contributed by atoms with E-state index in [0.29, 0.717) is 5.56 Å². The van der Waals surface area contributed by atoms with Crippen LogP contribution in [0.4, 0.5) is 5.69 Å². The number of non-ortho nitro benzene ring substituents is 1. The molecule has 0 saturated heterocycles. The van der Waals surface area contributed by atoms with Gasteiger partial charge < -0.3 is 4.18 Å². The third kappa shape index (κ3) is 5.25. The van der Waals surface area contributed by atoms with E-state index in [1.54, 1.807) is 24.3 Å². The number of hydrogen-bond donors (Lipinski definition) is 1. The van der Waals surface area contributed by atoms with E-state index in [-0.39, 0.29) is 21.9 Å². The number of nitro groups is 1. The van der Waals surface area contributed by atoms with Crippen molar-refractivity contribution in [2.45, 2.75) is 4.90 Å². The minimum Gasteiger partial charge on any atom is -0.379 e. The number of carbonyl (C=O) groups excluding carboxylic acids is 1. The van der Waals surface area contributed by atoms with Crippen molar-refractivity contribution in [1.82, 2.24) is 5.43 Å². The van der Waals surface area contributed by atoms with Gasteiger partial charge in [-0.05, 0) is 64.9 Å². The Labute approximate surface area is 194 Å². The van der Waals surface area contributed by atoms with E-state index < -0.39 is 20.9 Å². The van der Waals surface area contributed by atoms with Crippen LogP contribution in [0.15, 0.2) is 101 Å². The first-order valence-corrected chi connectivity index (χ1v) is 11.3. The molecule has 0 fully saturated rings. The molecule has 0 unspecified atom stereocenters. The van der Waals surface area contributed by atoms with Crippen LogP contribution in [0.1, 0.15) is 15.9 Å². The van der Waals surface area contributed by atoms with Crippen molar-refractivity contribution in [3.05, 3.63) is 112 Å². The fourth-order valence-electron chi connectivity index (χ4n) is 3.07. The van der Waals surface area contributed by atoms with E-state index in [4.69, 9.17) is 4.18 Å². The lowest BCUT2D eigenvalue weighted by atomic mass is 10.1. The third-order valence-electron chi connectivity index (χ3n) is 4.82. The number of rotatable bonds is 7. The third-order valence-corrected chi connectivity index (χ3v) is 6.06. The second-order valence-corrected chi connectivity index (χ2v) is 8.66. The number of nitrogens with one attached hydrogen (secondary N) is 1. The lowest BCUT2D eigenvalue weighted by Gasteiger charge is -2.08. The lowest BCUT2D eigenvalue weighted by molar-refractivity contribution is -0.384. The number of amides is 1. The summed E-state index contributed by atoms with van der Waals surface area (Å²) in [4.78, 5) is 22.2. The Morgan fingerprint density at radius 3 is 2.26 bits per heavy atom. The highest BCUT2D eigenvalue weighted by Crippen LogP contribution is 2.23. The zero-order valence-corrected chi connectivity index (χ0v) is 18.3. The zero-order chi connectivity index (χ0) is 24.1. The van der Waals surface area contributed by atoms with Gasteiger partial charge in [0, 0.05) is 17.7 Å². The molecule has 4 aromatic rings. The topological polar surface area (TPSA) is 128 Å². The second-order valence-electron chi connectivity index (χ2n) is 7.12. The van der Waals surface area contributed by atoms with Crippen LogP contribution in [-0.4, -0.2) is 25.5 Å². The van der Waals surface area contributed by atoms with Gasteiger partial charge in [0.25, 0.3) is 11.6 Å². The van der Waals surface area contributed by atoms with Crippen molar-refractivity contribution in [1.29, 1.82) is 0 Å². The Balaban J connectivity index is 1.38. The van der Waals surface area contributed by atoms with Gasteiger partial charge in [-0.3, -0.25) is 14.9 Å². The summed E-state index contributed by atoms with van der Waals surface area (Å²) in [6.07, 6.45) is 1.37. The predicted molar refractivity (Wildman–Crippen MR) is 126 cm³/mol. The maximum atomic E-state index is 12.6. The van der Waals surface area contributed by atoms with Crippen molar-refractivity contribution < 1.29 is 22.3 Å². The molecule has 1 N–H and O–H groups in total. The average Bonchev–Trinajstić information content (AvgIpc) is 2.84. The summed E-state index contributed by atoms with van der Waals surface area (Å²) in [6.45, 7) is 0. The van der Waals surface area contributed by atoms with Crippen molar-refractivity contribution in [3.8, 4) is 5.75 Å². The first kappa shape index (κ1) is 22.6. The minimum atomic E-state index is -4.02. The molecule has 0 aliphatic rings. The fourth-order valence-corrected chi connectivity index (χ4v) is 4.04. The minimum absolute atomic E-state index is 0.0470. The van der Waals surface area contributed by atoms with E-state index in [9.17, 15) is 23.3 Å². The number of hydrazone groups is 1. The lowest BCUT2D eigenvalue weighted by Crippen LogP contribution is -2.17. The van der Waals surface area contributed by atoms with Crippen LogP contribution in [0.25, 0.3) is 10.8 Å². The average molecular weight is 475 g/mol. The summed E-state index contributed by atoms with van der Waals surface area (Å²) >= 11 is 0. The first-order chi connectivity index (χ1) is 16.3. The highest BCUT2D eigenvalue weighted by Gasteiger charge is 2.17. The molecule has 10 heteroatoms. The smallest absolute Gasteiger partial charge is 0.339 e. The van der Waals surface area contributed by atoms with Crippen LogP contribution in [0.3, 0.4) is 0 Å². The normalized spacial score (nSPS) is 11.4. The van der Waals surface area contributed by atoms with Gasteiger partial charge in [0.1, 0.15) is 10.6 Å². The van der Waals surface area contributed by atoms with Gasteiger partial charge in [-0.15, -0.1) is 0 Å². The van der Waals surface area contributed by atoms with Gasteiger partial charge in [-0.25, -0.2) is 5.43 Å². The SMILES string of the molecule is O=C(N/N=C\c1ccc(OS(=O)(=O)c2ccc3ccccc3c2)cc1)c1ccc([N+](=O)[O-])cc1. The largest absolute Gasteiger partial charge is 0.379 e. The van der Waals surface area contributed by atoms with E-state index in [0.717, 1.165) is 10.8 Å². The number of fused-ring (bicyclic) bond motifs is 1. The van der Waals surface area contributed by atoms with Crippen molar-refractivity contribution in [2.75, 3.05) is 0 Å². The Bertz CT molecular complexity index is 1500. The Morgan fingerprint density at radius 1 is 0.912 bits per heavy atom. The molecule has 0 saturated carbocycles. The van der Waals surface area contributed by atoms with Gasteiger partial charge in [-0.2, -0.15) is 13.5 Å². The van der Waals surface area contributed by atoms with Crippen molar-refractivity contribution >= 4 is 38.7 Å². The monoisotopic (exact) mass is 475 g/mol. The summed E-state index contributed by atoms with van der Waals surface area (Å²) < 4.78 is 30.5.